The first-order valence-corrected chi connectivity index (χ1v) is 14.0. The van der Waals surface area contributed by atoms with Crippen molar-refractivity contribution in [2.24, 2.45) is 5.92 Å². The number of carboxylic acid groups (broad SMARTS) is 1. The lowest BCUT2D eigenvalue weighted by Crippen LogP contribution is -2.61. The largest absolute Gasteiger partial charge is 0.479 e. The second-order valence-corrected chi connectivity index (χ2v) is 11.3. The number of carboxylic acids is 1. The first kappa shape index (κ1) is 31.9. The number of rotatable bonds is 8. The number of likely N-dealkylation sites (tertiary alicyclic amines) is 1. The van der Waals surface area contributed by atoms with Crippen LogP contribution in [0.1, 0.15) is 37.0 Å². The molecule has 3 heterocycles. The van der Waals surface area contributed by atoms with Crippen LogP contribution in [0.25, 0.3) is 0 Å². The summed E-state index contributed by atoms with van der Waals surface area (Å²) in [4.78, 5) is 44.7. The Hall–Kier alpha value is -3.04. The van der Waals surface area contributed by atoms with Crippen LogP contribution in [0.2, 0.25) is 10.0 Å². The van der Waals surface area contributed by atoms with Gasteiger partial charge < -0.3 is 45.4 Å². The van der Waals surface area contributed by atoms with Crippen molar-refractivity contribution >= 4 is 52.5 Å². The Morgan fingerprint density at radius 1 is 1.02 bits per heavy atom. The van der Waals surface area contributed by atoms with Gasteiger partial charge >= 0.3 is 5.97 Å². The monoisotopic (exact) mass is 626 g/mol. The van der Waals surface area contributed by atoms with Gasteiger partial charge in [0, 0.05) is 29.2 Å². The highest BCUT2D eigenvalue weighted by atomic mass is 35.5. The SMILES string of the molecule is CC(C)N1CCC(C(=O)Nc2c(OC3O[C@H](C(=O)O)[C@@H](O)[C@H](O)[C@H]3O)cc(Cl)cc2C(=O)Nc2ccc(Cl)cn2)CC1. The smallest absolute Gasteiger partial charge is 0.335 e. The molecule has 1 aromatic carbocycles. The van der Waals surface area contributed by atoms with E-state index in [1.807, 2.05) is 0 Å². The number of piperidine rings is 1. The van der Waals surface area contributed by atoms with Crippen LogP contribution in [0.15, 0.2) is 30.5 Å². The minimum atomic E-state index is -1.94. The summed E-state index contributed by atoms with van der Waals surface area (Å²) in [5, 5.41) is 45.8. The summed E-state index contributed by atoms with van der Waals surface area (Å²) in [7, 11) is 0. The molecule has 2 aromatic rings. The molecule has 0 spiro atoms. The van der Waals surface area contributed by atoms with E-state index in [0.717, 1.165) is 0 Å². The standard InChI is InChI=1S/C27H32Cl2N4O9/c1-12(2)33-7-5-13(6-8-33)24(37)32-19-16(25(38)31-18-4-3-14(28)11-30-18)9-15(29)10-17(19)41-27-22(36)20(34)21(35)23(42-27)26(39)40/h3-4,9-13,20-23,27,34-36H,5-8H2,1-2H3,(H,32,37)(H,39,40)(H,30,31,38)/t20-,21-,22+,23-,27?/m0/s1. The lowest BCUT2D eigenvalue weighted by Gasteiger charge is -2.38. The number of halogens is 2. The summed E-state index contributed by atoms with van der Waals surface area (Å²) in [5.41, 5.74) is -0.270. The van der Waals surface area contributed by atoms with E-state index >= 15 is 0 Å². The number of anilines is 2. The summed E-state index contributed by atoms with van der Waals surface area (Å²) in [6.45, 7) is 5.55. The zero-order valence-corrected chi connectivity index (χ0v) is 24.2. The van der Waals surface area contributed by atoms with E-state index in [1.165, 1.54) is 30.5 Å². The molecule has 1 unspecified atom stereocenters. The Labute approximate surface area is 251 Å². The number of benzene rings is 1. The number of aromatic nitrogens is 1. The summed E-state index contributed by atoms with van der Waals surface area (Å²) in [6, 6.07) is 5.83. The Morgan fingerprint density at radius 2 is 1.71 bits per heavy atom. The molecule has 0 radical (unpaired) electrons. The van der Waals surface area contributed by atoms with Crippen LogP contribution in [-0.4, -0.2) is 97.9 Å². The summed E-state index contributed by atoms with van der Waals surface area (Å²) in [5.74, 6) is -3.22. The van der Waals surface area contributed by atoms with Crippen LogP contribution < -0.4 is 15.4 Å². The predicted octanol–water partition coefficient (Wildman–Crippen LogP) is 1.97. The molecular weight excluding hydrogens is 595 g/mol. The molecule has 15 heteroatoms. The molecule has 6 N–H and O–H groups in total. The number of nitrogens with one attached hydrogen (secondary N) is 2. The minimum Gasteiger partial charge on any atom is -0.479 e. The summed E-state index contributed by atoms with van der Waals surface area (Å²) >= 11 is 12.2. The number of aliphatic hydroxyl groups excluding tert-OH is 3. The molecule has 0 aliphatic carbocycles. The van der Waals surface area contributed by atoms with Crippen LogP contribution in [0.4, 0.5) is 11.5 Å². The molecule has 2 fully saturated rings. The van der Waals surface area contributed by atoms with Crippen LogP contribution in [0, 0.1) is 5.92 Å². The first-order chi connectivity index (χ1) is 19.8. The topological polar surface area (TPSA) is 191 Å². The van der Waals surface area contributed by atoms with Crippen molar-refractivity contribution < 1.29 is 44.3 Å². The first-order valence-electron chi connectivity index (χ1n) is 13.3. The minimum absolute atomic E-state index is 0.0110. The number of carbonyl (C=O) groups is 3. The molecule has 2 aliphatic heterocycles. The van der Waals surface area contributed by atoms with Crippen molar-refractivity contribution in [3.63, 3.8) is 0 Å². The molecule has 4 rings (SSSR count). The normalized spacial score (nSPS) is 25.2. The van der Waals surface area contributed by atoms with E-state index in [2.05, 4.69) is 34.4 Å². The lowest BCUT2D eigenvalue weighted by atomic mass is 9.94. The molecule has 13 nitrogen and oxygen atoms in total. The van der Waals surface area contributed by atoms with E-state index in [-0.39, 0.29) is 33.8 Å². The number of aliphatic carboxylic acids is 1. The van der Waals surface area contributed by atoms with Crippen molar-refractivity contribution in [2.45, 2.75) is 63.4 Å². The Balaban J connectivity index is 1.67. The van der Waals surface area contributed by atoms with Gasteiger partial charge in [0.1, 0.15) is 29.9 Å². The van der Waals surface area contributed by atoms with Gasteiger partial charge in [-0.2, -0.15) is 0 Å². The van der Waals surface area contributed by atoms with E-state index < -0.39 is 48.5 Å². The number of nitrogens with zero attached hydrogens (tertiary/aromatic N) is 2. The highest BCUT2D eigenvalue weighted by Gasteiger charge is 2.48. The van der Waals surface area contributed by atoms with Gasteiger partial charge in [0.25, 0.3) is 5.91 Å². The average molecular weight is 627 g/mol. The van der Waals surface area contributed by atoms with Crippen molar-refractivity contribution in [1.82, 2.24) is 9.88 Å². The highest BCUT2D eigenvalue weighted by molar-refractivity contribution is 6.32. The number of hydrogen-bond acceptors (Lipinski definition) is 10. The molecular formula is C27H32Cl2N4O9. The molecule has 5 atom stereocenters. The molecule has 228 valence electrons. The van der Waals surface area contributed by atoms with Gasteiger partial charge in [-0.1, -0.05) is 23.2 Å². The van der Waals surface area contributed by atoms with Crippen LogP contribution in [-0.2, 0) is 14.3 Å². The molecule has 0 bridgehead atoms. The number of carbonyl (C=O) groups excluding carboxylic acids is 2. The van der Waals surface area contributed by atoms with Crippen LogP contribution in [0.3, 0.4) is 0 Å². The quantitative estimate of drug-likeness (QED) is 0.251. The van der Waals surface area contributed by atoms with Gasteiger partial charge in [0.15, 0.2) is 6.10 Å². The van der Waals surface area contributed by atoms with E-state index in [9.17, 15) is 34.8 Å². The second-order valence-electron chi connectivity index (χ2n) is 10.4. The van der Waals surface area contributed by atoms with Crippen molar-refractivity contribution in [3.05, 3.63) is 46.1 Å². The van der Waals surface area contributed by atoms with E-state index in [0.29, 0.717) is 37.0 Å². The third kappa shape index (κ3) is 7.29. The zero-order valence-electron chi connectivity index (χ0n) is 22.7. The maximum absolute atomic E-state index is 13.4. The maximum Gasteiger partial charge on any atom is 0.335 e. The lowest BCUT2D eigenvalue weighted by molar-refractivity contribution is -0.271. The van der Waals surface area contributed by atoms with Crippen LogP contribution >= 0.6 is 23.2 Å². The molecule has 1 aromatic heterocycles. The summed E-state index contributed by atoms with van der Waals surface area (Å²) < 4.78 is 11.0. The molecule has 0 saturated carbocycles. The Bertz CT molecular complexity index is 1310. The summed E-state index contributed by atoms with van der Waals surface area (Å²) in [6.07, 6.45) is -7.06. The fraction of sp³-hybridized carbons (Fsp3) is 0.481. The van der Waals surface area contributed by atoms with Crippen LogP contribution in [0.5, 0.6) is 5.75 Å². The van der Waals surface area contributed by atoms with E-state index in [4.69, 9.17) is 32.7 Å². The number of aliphatic hydroxyl groups is 3. The molecule has 2 saturated heterocycles. The third-order valence-corrected chi connectivity index (χ3v) is 7.66. The van der Waals surface area contributed by atoms with Crippen molar-refractivity contribution in [1.29, 1.82) is 0 Å². The van der Waals surface area contributed by atoms with Crippen molar-refractivity contribution in [3.8, 4) is 5.75 Å². The fourth-order valence-electron chi connectivity index (χ4n) is 4.79. The molecule has 2 amide bonds. The predicted molar refractivity (Wildman–Crippen MR) is 152 cm³/mol. The van der Waals surface area contributed by atoms with Crippen molar-refractivity contribution in [2.75, 3.05) is 23.7 Å². The maximum atomic E-state index is 13.4. The number of ether oxygens (including phenoxy) is 2. The zero-order chi connectivity index (χ0) is 30.7. The van der Waals surface area contributed by atoms with Gasteiger partial charge in [-0.15, -0.1) is 0 Å². The third-order valence-electron chi connectivity index (χ3n) is 7.22. The number of pyridine rings is 1. The number of amides is 2. The molecule has 42 heavy (non-hydrogen) atoms. The average Bonchev–Trinajstić information content (AvgIpc) is 2.95. The molecule has 2 aliphatic rings. The van der Waals surface area contributed by atoms with Gasteiger partial charge in [0.2, 0.25) is 12.2 Å². The van der Waals surface area contributed by atoms with Gasteiger partial charge in [0.05, 0.1) is 16.3 Å². The second kappa shape index (κ2) is 13.5. The Morgan fingerprint density at radius 3 is 2.31 bits per heavy atom. The number of hydrogen-bond donors (Lipinski definition) is 6. The van der Waals surface area contributed by atoms with Gasteiger partial charge in [-0.05, 0) is 58.0 Å². The van der Waals surface area contributed by atoms with Gasteiger partial charge in [-0.3, -0.25) is 9.59 Å². The fourth-order valence-corrected chi connectivity index (χ4v) is 5.11. The van der Waals surface area contributed by atoms with Gasteiger partial charge in [-0.25, -0.2) is 9.78 Å². The Kier molecular flexibility index (Phi) is 10.3. The highest BCUT2D eigenvalue weighted by Crippen LogP contribution is 2.37. The van der Waals surface area contributed by atoms with E-state index in [1.54, 1.807) is 0 Å².